The molecule has 0 aromatic carbocycles. The number of esters is 1. The van der Waals surface area contributed by atoms with Crippen molar-refractivity contribution >= 4 is 11.8 Å². The topological polar surface area (TPSA) is 43.4 Å². The van der Waals surface area contributed by atoms with Gasteiger partial charge in [0.15, 0.2) is 0 Å². The summed E-state index contributed by atoms with van der Waals surface area (Å²) in [5.41, 5.74) is 0.627. The van der Waals surface area contributed by atoms with Crippen molar-refractivity contribution in [2.45, 2.75) is 118 Å². The molecule has 4 saturated carbocycles. The molecule has 0 bridgehead atoms. The summed E-state index contributed by atoms with van der Waals surface area (Å²) in [6.07, 6.45) is 12.7. The lowest BCUT2D eigenvalue weighted by molar-refractivity contribution is -0.189. The highest BCUT2D eigenvalue weighted by atomic mass is 16.5. The van der Waals surface area contributed by atoms with E-state index in [1.807, 2.05) is 0 Å². The molecular weight excluding hydrogens is 396 g/mol. The summed E-state index contributed by atoms with van der Waals surface area (Å²) in [4.78, 5) is 24.4. The maximum absolute atomic E-state index is 12.3. The normalized spacial score (nSPS) is 44.5. The smallest absolute Gasteiger partial charge is 0.302 e. The van der Waals surface area contributed by atoms with Crippen LogP contribution in [0, 0.1) is 52.3 Å². The fraction of sp³-hybridized carbons (Fsp3) is 0.931. The van der Waals surface area contributed by atoms with Crippen LogP contribution in [0.25, 0.3) is 0 Å². The average molecular weight is 445 g/mol. The van der Waals surface area contributed by atoms with Gasteiger partial charge in [-0.05, 0) is 84.9 Å². The van der Waals surface area contributed by atoms with E-state index < -0.39 is 0 Å². The van der Waals surface area contributed by atoms with Crippen LogP contribution in [0.1, 0.15) is 112 Å². The molecule has 4 aliphatic carbocycles. The number of carbonyl (C=O) groups excluding carboxylic acids is 2. The summed E-state index contributed by atoms with van der Waals surface area (Å²) in [7, 11) is 0. The molecule has 4 unspecified atom stereocenters. The lowest BCUT2D eigenvalue weighted by atomic mass is 9.43. The third kappa shape index (κ3) is 4.20. The third-order valence-corrected chi connectivity index (χ3v) is 11.0. The maximum Gasteiger partial charge on any atom is 0.302 e. The van der Waals surface area contributed by atoms with Gasteiger partial charge in [0.1, 0.15) is 11.9 Å². The first-order valence-corrected chi connectivity index (χ1v) is 13.7. The van der Waals surface area contributed by atoms with E-state index in [-0.39, 0.29) is 17.5 Å². The van der Waals surface area contributed by atoms with Crippen molar-refractivity contribution in [2.75, 3.05) is 0 Å². The monoisotopic (exact) mass is 444 g/mol. The third-order valence-electron chi connectivity index (χ3n) is 11.0. The number of carbonyl (C=O) groups is 2. The summed E-state index contributed by atoms with van der Waals surface area (Å²) in [6, 6.07) is 0. The zero-order valence-electron chi connectivity index (χ0n) is 21.6. The van der Waals surface area contributed by atoms with Gasteiger partial charge in [0, 0.05) is 25.7 Å². The Morgan fingerprint density at radius 1 is 1.03 bits per heavy atom. The zero-order valence-corrected chi connectivity index (χ0v) is 21.6. The second kappa shape index (κ2) is 9.06. The molecule has 4 aliphatic rings. The molecule has 182 valence electrons. The first-order chi connectivity index (χ1) is 15.1. The fourth-order valence-electron chi connectivity index (χ4n) is 9.35. The Labute approximate surface area is 196 Å². The van der Waals surface area contributed by atoms with Crippen molar-refractivity contribution in [1.29, 1.82) is 0 Å². The molecule has 0 N–H and O–H groups in total. The van der Waals surface area contributed by atoms with Gasteiger partial charge in [-0.25, -0.2) is 0 Å². The van der Waals surface area contributed by atoms with Gasteiger partial charge < -0.3 is 4.74 Å². The van der Waals surface area contributed by atoms with Crippen LogP contribution in [-0.4, -0.2) is 17.9 Å². The molecule has 9 atom stereocenters. The largest absolute Gasteiger partial charge is 0.462 e. The van der Waals surface area contributed by atoms with E-state index in [2.05, 4.69) is 34.6 Å². The van der Waals surface area contributed by atoms with E-state index in [9.17, 15) is 9.59 Å². The second-order valence-electron chi connectivity index (χ2n) is 13.1. The number of hydrogen-bond donors (Lipinski definition) is 0. The lowest BCUT2D eigenvalue weighted by Gasteiger charge is -2.62. The van der Waals surface area contributed by atoms with Crippen LogP contribution in [0.2, 0.25) is 0 Å². The van der Waals surface area contributed by atoms with Crippen LogP contribution < -0.4 is 0 Å². The molecular formula is C29H48O3. The number of Topliss-reactive ketones (excluding diaryl/α,β-unsaturated/α-hetero) is 1. The summed E-state index contributed by atoms with van der Waals surface area (Å²) < 4.78 is 6.08. The van der Waals surface area contributed by atoms with Gasteiger partial charge in [-0.15, -0.1) is 0 Å². The Bertz CT molecular complexity index is 713. The van der Waals surface area contributed by atoms with E-state index in [0.717, 1.165) is 37.0 Å². The average Bonchev–Trinajstić information content (AvgIpc) is 3.05. The highest BCUT2D eigenvalue weighted by molar-refractivity contribution is 5.79. The molecule has 0 aromatic rings. The van der Waals surface area contributed by atoms with Crippen LogP contribution in [0.5, 0.6) is 0 Å². The summed E-state index contributed by atoms with van der Waals surface area (Å²) in [5.74, 6) is 4.82. The summed E-state index contributed by atoms with van der Waals surface area (Å²) >= 11 is 0. The van der Waals surface area contributed by atoms with Crippen LogP contribution in [-0.2, 0) is 14.3 Å². The SMILES string of the molecule is CC(=O)O[C@@H]1C[C@H]2CC(=O)CC[C@]2(C)C2CC[C@@]3(C)C(CC[C@@H]3C(C)CCCC(C)C)C21. The van der Waals surface area contributed by atoms with Crippen molar-refractivity contribution in [3.05, 3.63) is 0 Å². The number of fused-ring (bicyclic) bond motifs is 5. The highest BCUT2D eigenvalue weighted by Gasteiger charge is 2.63. The van der Waals surface area contributed by atoms with Gasteiger partial charge in [-0.1, -0.05) is 53.9 Å². The summed E-state index contributed by atoms with van der Waals surface area (Å²) in [6.45, 7) is 13.8. The van der Waals surface area contributed by atoms with Gasteiger partial charge in [-0.2, -0.15) is 0 Å². The number of ketones is 1. The van der Waals surface area contributed by atoms with Crippen molar-refractivity contribution < 1.29 is 14.3 Å². The minimum Gasteiger partial charge on any atom is -0.462 e. The van der Waals surface area contributed by atoms with Crippen LogP contribution in [0.4, 0.5) is 0 Å². The minimum atomic E-state index is -0.136. The first kappa shape index (κ1) is 24.3. The van der Waals surface area contributed by atoms with Gasteiger partial charge in [-0.3, -0.25) is 9.59 Å². The van der Waals surface area contributed by atoms with Crippen molar-refractivity contribution in [2.24, 2.45) is 52.3 Å². The quantitative estimate of drug-likeness (QED) is 0.406. The predicted molar refractivity (Wildman–Crippen MR) is 129 cm³/mol. The summed E-state index contributed by atoms with van der Waals surface area (Å²) in [5, 5.41) is 0. The van der Waals surface area contributed by atoms with E-state index in [4.69, 9.17) is 4.74 Å². The molecule has 0 aromatic heterocycles. The van der Waals surface area contributed by atoms with Crippen molar-refractivity contribution in [3.63, 3.8) is 0 Å². The first-order valence-electron chi connectivity index (χ1n) is 13.7. The van der Waals surface area contributed by atoms with Gasteiger partial charge in [0.05, 0.1) is 0 Å². The lowest BCUT2D eigenvalue weighted by Crippen LogP contribution is -2.59. The molecule has 0 heterocycles. The molecule has 4 fully saturated rings. The predicted octanol–water partition coefficient (Wildman–Crippen LogP) is 7.22. The van der Waals surface area contributed by atoms with Gasteiger partial charge in [0.25, 0.3) is 0 Å². The minimum absolute atomic E-state index is 0.0149. The number of ether oxygens (including phenoxy) is 1. The Kier molecular flexibility index (Phi) is 6.87. The fourth-order valence-corrected chi connectivity index (χ4v) is 9.35. The van der Waals surface area contributed by atoms with E-state index in [0.29, 0.717) is 41.3 Å². The molecule has 3 nitrogen and oxygen atoms in total. The zero-order chi connectivity index (χ0) is 23.3. The van der Waals surface area contributed by atoms with Crippen LogP contribution in [0.3, 0.4) is 0 Å². The van der Waals surface area contributed by atoms with Gasteiger partial charge >= 0.3 is 5.97 Å². The Hall–Kier alpha value is -0.860. The molecule has 0 aliphatic heterocycles. The maximum atomic E-state index is 12.3. The Morgan fingerprint density at radius 2 is 1.75 bits per heavy atom. The van der Waals surface area contributed by atoms with Crippen molar-refractivity contribution in [3.8, 4) is 0 Å². The Morgan fingerprint density at radius 3 is 2.44 bits per heavy atom. The Balaban J connectivity index is 1.58. The van der Waals surface area contributed by atoms with Crippen molar-refractivity contribution in [1.82, 2.24) is 0 Å². The molecule has 0 radical (unpaired) electrons. The molecule has 3 heteroatoms. The molecule has 0 spiro atoms. The number of hydrogen-bond acceptors (Lipinski definition) is 3. The van der Waals surface area contributed by atoms with E-state index in [1.54, 1.807) is 6.92 Å². The molecule has 32 heavy (non-hydrogen) atoms. The number of rotatable bonds is 6. The molecule has 0 amide bonds. The van der Waals surface area contributed by atoms with E-state index in [1.165, 1.54) is 44.9 Å². The highest BCUT2D eigenvalue weighted by Crippen LogP contribution is 2.68. The second-order valence-corrected chi connectivity index (χ2v) is 13.1. The molecule has 4 rings (SSSR count). The van der Waals surface area contributed by atoms with Gasteiger partial charge in [0.2, 0.25) is 0 Å². The molecule has 0 saturated heterocycles. The standard InChI is InChI=1S/C29H48O3/c1-18(2)8-7-9-19(3)23-10-11-24-27-25(13-15-29(23,24)6)28(5)14-12-22(31)16-21(28)17-26(27)32-20(4)30/h18-19,21,23-27H,7-17H2,1-6H3/t19?,21-,23-,24?,25?,26-,27?,28+,29-/m1/s1. The van der Waals surface area contributed by atoms with E-state index >= 15 is 0 Å². The van der Waals surface area contributed by atoms with Crippen LogP contribution in [0.15, 0.2) is 0 Å². The van der Waals surface area contributed by atoms with Crippen LogP contribution >= 0.6 is 0 Å².